The second-order valence-corrected chi connectivity index (χ2v) is 9.41. The third-order valence-electron chi connectivity index (χ3n) is 2.89. The molecule has 0 aliphatic rings. The molecule has 0 radical (unpaired) electrons. The van der Waals surface area contributed by atoms with Gasteiger partial charge >= 0.3 is 0 Å². The number of sulfonamides is 2. The van der Waals surface area contributed by atoms with Gasteiger partial charge in [0.05, 0.1) is 5.75 Å². The van der Waals surface area contributed by atoms with E-state index in [0.29, 0.717) is 11.1 Å². The summed E-state index contributed by atoms with van der Waals surface area (Å²) in [4.78, 5) is 0. The number of benzene rings is 1. The fraction of sp³-hybridized carbons (Fsp3) is 0.231. The lowest BCUT2D eigenvalue weighted by Crippen LogP contribution is -2.23. The normalized spacial score (nSPS) is 12.4. The molecule has 2 aromatic rings. The Morgan fingerprint density at radius 2 is 1.77 bits per heavy atom. The maximum absolute atomic E-state index is 12.0. The maximum atomic E-state index is 12.0. The Morgan fingerprint density at radius 3 is 2.41 bits per heavy atom. The zero-order chi connectivity index (χ0) is 16.2. The third kappa shape index (κ3) is 4.62. The lowest BCUT2D eigenvalue weighted by Gasteiger charge is -2.07. The first-order valence-electron chi connectivity index (χ1n) is 6.34. The molecule has 0 saturated carbocycles. The molecule has 0 fully saturated rings. The van der Waals surface area contributed by atoms with Gasteiger partial charge in [-0.1, -0.05) is 30.3 Å². The molecular weight excluding hydrogens is 344 g/mol. The molecule has 2 N–H and O–H groups in total. The minimum atomic E-state index is -3.53. The molecule has 0 bridgehead atoms. The van der Waals surface area contributed by atoms with Gasteiger partial charge in [-0.05, 0) is 29.6 Å². The van der Waals surface area contributed by atoms with E-state index in [2.05, 4.69) is 9.44 Å². The largest absolute Gasteiger partial charge is 0.250 e. The van der Waals surface area contributed by atoms with E-state index in [1.54, 1.807) is 35.7 Å². The van der Waals surface area contributed by atoms with E-state index >= 15 is 0 Å². The van der Waals surface area contributed by atoms with Crippen LogP contribution in [0.3, 0.4) is 0 Å². The van der Waals surface area contributed by atoms with Crippen LogP contribution < -0.4 is 9.44 Å². The van der Waals surface area contributed by atoms with Crippen LogP contribution in [0.1, 0.15) is 11.1 Å². The maximum Gasteiger partial charge on any atom is 0.250 e. The van der Waals surface area contributed by atoms with Crippen LogP contribution in [0.15, 0.2) is 46.0 Å². The van der Waals surface area contributed by atoms with Crippen LogP contribution in [0.25, 0.3) is 0 Å². The average molecular weight is 360 g/mol. The summed E-state index contributed by atoms with van der Waals surface area (Å²) >= 11 is 1.14. The van der Waals surface area contributed by atoms with Crippen LogP contribution in [-0.2, 0) is 32.3 Å². The van der Waals surface area contributed by atoms with Crippen molar-refractivity contribution in [3.05, 3.63) is 52.9 Å². The van der Waals surface area contributed by atoms with E-state index in [1.165, 1.54) is 13.1 Å². The van der Waals surface area contributed by atoms with Gasteiger partial charge in [-0.3, -0.25) is 0 Å². The molecule has 2 rings (SSSR count). The Kier molecular flexibility index (Phi) is 5.35. The van der Waals surface area contributed by atoms with Crippen molar-refractivity contribution in [3.8, 4) is 0 Å². The number of thiophene rings is 1. The van der Waals surface area contributed by atoms with Crippen molar-refractivity contribution >= 4 is 31.4 Å². The molecular formula is C13H16N2O4S3. The van der Waals surface area contributed by atoms with Crippen LogP contribution >= 0.6 is 11.3 Å². The predicted molar refractivity (Wildman–Crippen MR) is 86.5 cm³/mol. The molecule has 0 saturated heterocycles. The van der Waals surface area contributed by atoms with Crippen LogP contribution in [0.4, 0.5) is 0 Å². The first kappa shape index (κ1) is 17.1. The quantitative estimate of drug-likeness (QED) is 0.778. The van der Waals surface area contributed by atoms with Gasteiger partial charge in [0.2, 0.25) is 20.0 Å². The van der Waals surface area contributed by atoms with Crippen LogP contribution in [-0.4, -0.2) is 23.9 Å². The van der Waals surface area contributed by atoms with Crippen molar-refractivity contribution in [2.45, 2.75) is 16.5 Å². The molecule has 0 amide bonds. The second kappa shape index (κ2) is 6.88. The SMILES string of the molecule is CNS(=O)(=O)Cc1cccc(CNS(=O)(=O)c2cccs2)c1. The molecule has 0 spiro atoms. The Labute approximate surface area is 134 Å². The highest BCUT2D eigenvalue weighted by Crippen LogP contribution is 2.16. The summed E-state index contributed by atoms with van der Waals surface area (Å²) in [6.45, 7) is 0.105. The molecule has 1 heterocycles. The first-order valence-corrected chi connectivity index (χ1v) is 10.4. The smallest absolute Gasteiger partial charge is 0.218 e. The summed E-state index contributed by atoms with van der Waals surface area (Å²) in [5.74, 6) is -0.144. The van der Waals surface area contributed by atoms with E-state index in [9.17, 15) is 16.8 Å². The van der Waals surface area contributed by atoms with Crippen molar-refractivity contribution in [2.75, 3.05) is 7.05 Å². The second-order valence-electron chi connectivity index (χ2n) is 4.54. The first-order chi connectivity index (χ1) is 10.3. The van der Waals surface area contributed by atoms with Crippen LogP contribution in [0, 0.1) is 0 Å². The Balaban J connectivity index is 2.08. The molecule has 0 aliphatic carbocycles. The summed E-state index contributed by atoms with van der Waals surface area (Å²) in [5.41, 5.74) is 1.30. The Hall–Kier alpha value is -1.26. The molecule has 120 valence electrons. The minimum Gasteiger partial charge on any atom is -0.218 e. The highest BCUT2D eigenvalue weighted by atomic mass is 32.2. The molecule has 22 heavy (non-hydrogen) atoms. The minimum absolute atomic E-state index is 0.105. The van der Waals surface area contributed by atoms with Crippen molar-refractivity contribution in [1.82, 2.24) is 9.44 Å². The fourth-order valence-corrected chi connectivity index (χ4v) is 4.60. The Morgan fingerprint density at radius 1 is 1.05 bits per heavy atom. The van der Waals surface area contributed by atoms with E-state index in [-0.39, 0.29) is 16.5 Å². The summed E-state index contributed by atoms with van der Waals surface area (Å²) in [6, 6.07) is 10.0. The lowest BCUT2D eigenvalue weighted by atomic mass is 10.1. The van der Waals surface area contributed by atoms with Gasteiger partial charge in [0.1, 0.15) is 4.21 Å². The third-order valence-corrected chi connectivity index (χ3v) is 7.02. The molecule has 1 aromatic heterocycles. The summed E-state index contributed by atoms with van der Waals surface area (Å²) in [6.07, 6.45) is 0. The van der Waals surface area contributed by atoms with Crippen molar-refractivity contribution in [2.24, 2.45) is 0 Å². The van der Waals surface area contributed by atoms with E-state index in [0.717, 1.165) is 11.3 Å². The topological polar surface area (TPSA) is 92.3 Å². The van der Waals surface area contributed by atoms with Crippen molar-refractivity contribution < 1.29 is 16.8 Å². The zero-order valence-corrected chi connectivity index (χ0v) is 14.3. The average Bonchev–Trinajstić information content (AvgIpc) is 3.00. The molecule has 9 heteroatoms. The molecule has 0 atom stereocenters. The lowest BCUT2D eigenvalue weighted by molar-refractivity contribution is 0.582. The van der Waals surface area contributed by atoms with Crippen molar-refractivity contribution in [1.29, 1.82) is 0 Å². The monoisotopic (exact) mass is 360 g/mol. The molecule has 6 nitrogen and oxygen atoms in total. The van der Waals surface area contributed by atoms with Crippen LogP contribution in [0.2, 0.25) is 0 Å². The summed E-state index contributed by atoms with van der Waals surface area (Å²) < 4.78 is 52.1. The van der Waals surface area contributed by atoms with Crippen LogP contribution in [0.5, 0.6) is 0 Å². The van der Waals surface area contributed by atoms with E-state index in [4.69, 9.17) is 0 Å². The highest BCUT2D eigenvalue weighted by Gasteiger charge is 2.15. The van der Waals surface area contributed by atoms with Gasteiger partial charge in [0.25, 0.3) is 0 Å². The molecule has 0 aliphatic heterocycles. The molecule has 1 aromatic carbocycles. The predicted octanol–water partition coefficient (Wildman–Crippen LogP) is 1.28. The number of hydrogen-bond acceptors (Lipinski definition) is 5. The van der Waals surface area contributed by atoms with Gasteiger partial charge in [-0.2, -0.15) is 0 Å². The number of rotatable bonds is 7. The van der Waals surface area contributed by atoms with Gasteiger partial charge < -0.3 is 0 Å². The highest BCUT2D eigenvalue weighted by molar-refractivity contribution is 7.91. The Bertz CT molecular complexity index is 828. The summed E-state index contributed by atoms with van der Waals surface area (Å²) in [7, 11) is -5.53. The van der Waals surface area contributed by atoms with Gasteiger partial charge in [-0.15, -0.1) is 11.3 Å². The number of nitrogens with one attached hydrogen (secondary N) is 2. The number of hydrogen-bond donors (Lipinski definition) is 2. The van der Waals surface area contributed by atoms with Gasteiger partial charge in [0.15, 0.2) is 0 Å². The van der Waals surface area contributed by atoms with Gasteiger partial charge in [-0.25, -0.2) is 26.3 Å². The van der Waals surface area contributed by atoms with Crippen molar-refractivity contribution in [3.63, 3.8) is 0 Å². The molecule has 0 unspecified atom stereocenters. The van der Waals surface area contributed by atoms with Gasteiger partial charge in [0, 0.05) is 6.54 Å². The standard InChI is InChI=1S/C13H16N2O4S3/c1-14-21(16,17)10-12-5-2-4-11(8-12)9-15-22(18,19)13-6-3-7-20-13/h2-8,14-15H,9-10H2,1H3. The fourth-order valence-electron chi connectivity index (χ4n) is 1.79. The van der Waals surface area contributed by atoms with E-state index in [1.807, 2.05) is 0 Å². The van der Waals surface area contributed by atoms with E-state index < -0.39 is 20.0 Å². The zero-order valence-electron chi connectivity index (χ0n) is 11.8. The summed E-state index contributed by atoms with van der Waals surface area (Å²) in [5, 5.41) is 1.69.